The quantitative estimate of drug-likeness (QED) is 0.642. The normalized spacial score (nSPS) is 20.9. The summed E-state index contributed by atoms with van der Waals surface area (Å²) in [6, 6.07) is 8.11. The number of H-pyrrole nitrogens is 1. The van der Waals surface area contributed by atoms with E-state index in [1.54, 1.807) is 0 Å². The van der Waals surface area contributed by atoms with E-state index in [1.807, 2.05) is 39.0 Å². The third-order valence-corrected chi connectivity index (χ3v) is 6.41. The number of hydrogen-bond acceptors (Lipinski definition) is 6. The summed E-state index contributed by atoms with van der Waals surface area (Å²) in [6.07, 6.45) is 1.84. The molecule has 0 bridgehead atoms. The van der Waals surface area contributed by atoms with Crippen LogP contribution in [0.15, 0.2) is 29.7 Å². The van der Waals surface area contributed by atoms with E-state index < -0.39 is 5.41 Å². The van der Waals surface area contributed by atoms with E-state index in [9.17, 15) is 10.4 Å². The molecule has 2 aromatic rings. The van der Waals surface area contributed by atoms with Gasteiger partial charge < -0.3 is 20.3 Å². The van der Waals surface area contributed by atoms with Gasteiger partial charge in [0.2, 0.25) is 11.8 Å². The molecule has 1 aromatic heterocycles. The van der Waals surface area contributed by atoms with Crippen LogP contribution in [0.1, 0.15) is 54.6 Å². The number of benzene rings is 1. The zero-order chi connectivity index (χ0) is 22.9. The van der Waals surface area contributed by atoms with E-state index in [0.717, 1.165) is 54.0 Å². The highest BCUT2D eigenvalue weighted by Gasteiger charge is 2.50. The molecule has 166 valence electrons. The van der Waals surface area contributed by atoms with Crippen LogP contribution < -0.4 is 10.5 Å². The van der Waals surface area contributed by atoms with Gasteiger partial charge in [-0.25, -0.2) is 0 Å². The van der Waals surface area contributed by atoms with Crippen LogP contribution >= 0.6 is 0 Å². The molecule has 1 unspecified atom stereocenters. The van der Waals surface area contributed by atoms with Gasteiger partial charge in [0.25, 0.3) is 0 Å². The highest BCUT2D eigenvalue weighted by atomic mass is 16.5. The first-order valence-corrected chi connectivity index (χ1v) is 10.9. The Hall–Kier alpha value is -3.26. The average molecular weight is 433 g/mol. The fourth-order valence-corrected chi connectivity index (χ4v) is 4.87. The van der Waals surface area contributed by atoms with Crippen LogP contribution in [0, 0.1) is 41.9 Å². The van der Waals surface area contributed by atoms with Crippen molar-refractivity contribution in [2.24, 2.45) is 17.6 Å². The number of hydrogen-bond donors (Lipinski definition) is 3. The van der Waals surface area contributed by atoms with Crippen molar-refractivity contribution in [1.82, 2.24) is 10.2 Å². The van der Waals surface area contributed by atoms with Gasteiger partial charge in [0.05, 0.1) is 17.6 Å². The lowest BCUT2D eigenvalue weighted by molar-refractivity contribution is 0.0807. The number of nitrogens with one attached hydrogen (secondary N) is 1. The lowest BCUT2D eigenvalue weighted by atomic mass is 9.61. The molecule has 32 heavy (non-hydrogen) atoms. The van der Waals surface area contributed by atoms with Crippen molar-refractivity contribution in [3.8, 4) is 23.8 Å². The Morgan fingerprint density at radius 3 is 2.72 bits per heavy atom. The number of aromatic amines is 1. The Labute approximate surface area is 188 Å². The number of aliphatic hydroxyl groups is 1. The predicted molar refractivity (Wildman–Crippen MR) is 119 cm³/mol. The van der Waals surface area contributed by atoms with Crippen molar-refractivity contribution < 1.29 is 14.6 Å². The second kappa shape index (κ2) is 8.70. The van der Waals surface area contributed by atoms with Crippen molar-refractivity contribution in [3.05, 3.63) is 57.6 Å². The molecule has 0 radical (unpaired) electrons. The molecular formula is C25H28N4O3. The van der Waals surface area contributed by atoms with Crippen LogP contribution in [0.25, 0.3) is 0 Å². The number of allylic oxidation sites excluding steroid dienone is 1. The minimum absolute atomic E-state index is 0.0458. The van der Waals surface area contributed by atoms with Gasteiger partial charge in [-0.05, 0) is 48.9 Å². The number of nitriles is 1. The zero-order valence-corrected chi connectivity index (χ0v) is 18.7. The Balaban J connectivity index is 1.94. The summed E-state index contributed by atoms with van der Waals surface area (Å²) in [5, 5.41) is 27.4. The van der Waals surface area contributed by atoms with Gasteiger partial charge >= 0.3 is 0 Å². The first kappa shape index (κ1) is 22.0. The number of fused-ring (bicyclic) bond motifs is 1. The molecule has 1 saturated heterocycles. The summed E-state index contributed by atoms with van der Waals surface area (Å²) in [5.41, 5.74) is 9.62. The van der Waals surface area contributed by atoms with Gasteiger partial charge in [0.15, 0.2) is 0 Å². The van der Waals surface area contributed by atoms with Crippen LogP contribution in [0.5, 0.6) is 5.88 Å². The summed E-state index contributed by atoms with van der Waals surface area (Å²) < 4.78 is 11.1. The minimum Gasteiger partial charge on any atom is -0.420 e. The second-order valence-electron chi connectivity index (χ2n) is 8.68. The van der Waals surface area contributed by atoms with Gasteiger partial charge in [-0.3, -0.25) is 5.10 Å². The van der Waals surface area contributed by atoms with Gasteiger partial charge in [-0.2, -0.15) is 5.26 Å². The molecule has 0 amide bonds. The molecule has 0 saturated carbocycles. The van der Waals surface area contributed by atoms with E-state index in [2.05, 4.69) is 28.1 Å². The molecule has 2 aliphatic rings. The molecule has 2 aliphatic heterocycles. The average Bonchev–Trinajstić information content (AvgIpc) is 3.17. The number of nitrogens with zero attached hydrogens (tertiary/aromatic N) is 2. The molecule has 3 heterocycles. The predicted octanol–water partition coefficient (Wildman–Crippen LogP) is 3.02. The van der Waals surface area contributed by atoms with Gasteiger partial charge in [-0.15, -0.1) is 5.10 Å². The molecule has 1 aromatic carbocycles. The van der Waals surface area contributed by atoms with Crippen molar-refractivity contribution >= 4 is 0 Å². The number of aliphatic hydroxyl groups excluding tert-OH is 1. The van der Waals surface area contributed by atoms with E-state index in [-0.39, 0.29) is 18.4 Å². The number of aryl methyl sites for hydroxylation is 1. The summed E-state index contributed by atoms with van der Waals surface area (Å²) in [4.78, 5) is 0. The summed E-state index contributed by atoms with van der Waals surface area (Å²) in [7, 11) is 0. The first-order chi connectivity index (χ1) is 15.4. The summed E-state index contributed by atoms with van der Waals surface area (Å²) in [5.74, 6) is 7.32. The Bertz CT molecular complexity index is 1160. The van der Waals surface area contributed by atoms with E-state index >= 15 is 0 Å². The third-order valence-electron chi connectivity index (χ3n) is 6.41. The lowest BCUT2D eigenvalue weighted by Crippen LogP contribution is -2.41. The molecule has 1 atom stereocenters. The SMILES string of the molecule is Cc1[nH]nc2c1C(c1cc(C#CC3CCOCC3)cc(CO)c1)(C(C)C)C(C#N)=C(N)O2. The number of nitrogens with two attached hydrogens (primary N) is 1. The Kier molecular flexibility index (Phi) is 5.97. The lowest BCUT2D eigenvalue weighted by Gasteiger charge is -2.41. The van der Waals surface area contributed by atoms with E-state index in [1.165, 1.54) is 0 Å². The molecule has 7 heteroatoms. The van der Waals surface area contributed by atoms with Crippen LogP contribution in [-0.4, -0.2) is 28.5 Å². The van der Waals surface area contributed by atoms with Crippen LogP contribution in [0.3, 0.4) is 0 Å². The van der Waals surface area contributed by atoms with Crippen LogP contribution in [-0.2, 0) is 16.8 Å². The molecule has 0 aliphatic carbocycles. The molecule has 4 rings (SSSR count). The van der Waals surface area contributed by atoms with Gasteiger partial charge in [0.1, 0.15) is 11.6 Å². The minimum atomic E-state index is -0.885. The molecular weight excluding hydrogens is 404 g/mol. The Morgan fingerprint density at radius 1 is 1.31 bits per heavy atom. The summed E-state index contributed by atoms with van der Waals surface area (Å²) in [6.45, 7) is 7.33. The van der Waals surface area contributed by atoms with Crippen molar-refractivity contribution in [1.29, 1.82) is 5.26 Å². The molecule has 7 nitrogen and oxygen atoms in total. The molecule has 1 fully saturated rings. The molecule has 0 spiro atoms. The van der Waals surface area contributed by atoms with Crippen molar-refractivity contribution in [2.75, 3.05) is 13.2 Å². The fourth-order valence-electron chi connectivity index (χ4n) is 4.87. The second-order valence-corrected chi connectivity index (χ2v) is 8.68. The van der Waals surface area contributed by atoms with Crippen molar-refractivity contribution in [2.45, 2.75) is 45.6 Å². The largest absolute Gasteiger partial charge is 0.420 e. The van der Waals surface area contributed by atoms with E-state index in [0.29, 0.717) is 17.4 Å². The van der Waals surface area contributed by atoms with Crippen LogP contribution in [0.4, 0.5) is 0 Å². The maximum absolute atomic E-state index is 10.1. The highest BCUT2D eigenvalue weighted by molar-refractivity contribution is 5.63. The maximum Gasteiger partial charge on any atom is 0.244 e. The first-order valence-electron chi connectivity index (χ1n) is 10.9. The standard InChI is InChI=1S/C25H28N4O3/c1-15(2)25(21(13-26)23(27)32-24-22(25)16(3)28-29-24)20-11-18(10-19(12-20)14-30)5-4-17-6-8-31-9-7-17/h10-12,15,17,30H,6-9,14,27H2,1-3H3,(H,28,29). The Morgan fingerprint density at radius 2 is 2.06 bits per heavy atom. The number of aromatic nitrogens is 2. The number of ether oxygens (including phenoxy) is 2. The highest BCUT2D eigenvalue weighted by Crippen LogP contribution is 2.52. The number of rotatable bonds is 3. The van der Waals surface area contributed by atoms with Crippen molar-refractivity contribution in [3.63, 3.8) is 0 Å². The zero-order valence-electron chi connectivity index (χ0n) is 18.7. The van der Waals surface area contributed by atoms with Gasteiger partial charge in [0, 0.05) is 30.4 Å². The van der Waals surface area contributed by atoms with Crippen LogP contribution in [0.2, 0.25) is 0 Å². The van der Waals surface area contributed by atoms with Gasteiger partial charge in [-0.1, -0.05) is 31.8 Å². The third kappa shape index (κ3) is 3.54. The molecule has 4 N–H and O–H groups in total. The topological polar surface area (TPSA) is 117 Å². The fraction of sp³-hybridized carbons (Fsp3) is 0.440. The van der Waals surface area contributed by atoms with E-state index in [4.69, 9.17) is 15.2 Å². The maximum atomic E-state index is 10.1. The smallest absolute Gasteiger partial charge is 0.244 e. The monoisotopic (exact) mass is 432 g/mol. The summed E-state index contributed by atoms with van der Waals surface area (Å²) >= 11 is 0.